The predicted molar refractivity (Wildman–Crippen MR) is 117 cm³/mol. The maximum atomic E-state index is 13.6. The lowest BCUT2D eigenvalue weighted by Crippen LogP contribution is -2.43. The summed E-state index contributed by atoms with van der Waals surface area (Å²) in [5, 5.41) is 5.63. The fourth-order valence-electron chi connectivity index (χ4n) is 4.83. The second kappa shape index (κ2) is 7.48. The van der Waals surface area contributed by atoms with Gasteiger partial charge in [-0.2, -0.15) is 0 Å². The Bertz CT molecular complexity index is 1220. The van der Waals surface area contributed by atoms with Crippen molar-refractivity contribution in [2.24, 2.45) is 11.8 Å². The quantitative estimate of drug-likeness (QED) is 0.504. The van der Waals surface area contributed by atoms with E-state index in [-0.39, 0.29) is 5.91 Å². The Morgan fingerprint density at radius 3 is 2.45 bits per heavy atom. The Kier molecular flexibility index (Phi) is 4.76. The molecule has 1 N–H and O–H groups in total. The average Bonchev–Trinajstić information content (AvgIpc) is 3.29. The van der Waals surface area contributed by atoms with E-state index in [2.05, 4.69) is 5.32 Å². The third-order valence-corrected chi connectivity index (χ3v) is 6.39. The van der Waals surface area contributed by atoms with Crippen molar-refractivity contribution in [1.29, 1.82) is 0 Å². The van der Waals surface area contributed by atoms with Crippen LogP contribution in [0.3, 0.4) is 0 Å². The van der Waals surface area contributed by atoms with Gasteiger partial charge in [-0.25, -0.2) is 4.90 Å². The average molecular weight is 435 g/mol. The SMILES string of the molecule is COC(=O)[C@H]1N[C@@H](c2cccc3ccccc23)[C@H]2C(=O)N(c3cccc(Cl)c3)C(=O)[C@H]21. The van der Waals surface area contributed by atoms with Crippen LogP contribution in [0.1, 0.15) is 11.6 Å². The number of hydrogen-bond acceptors (Lipinski definition) is 5. The first kappa shape index (κ1) is 19.7. The number of fused-ring (bicyclic) bond motifs is 2. The monoisotopic (exact) mass is 434 g/mol. The number of ether oxygens (including phenoxy) is 1. The van der Waals surface area contributed by atoms with Gasteiger partial charge in [0.05, 0.1) is 24.6 Å². The molecule has 0 unspecified atom stereocenters. The van der Waals surface area contributed by atoms with Crippen LogP contribution in [-0.2, 0) is 19.1 Å². The summed E-state index contributed by atoms with van der Waals surface area (Å²) in [5.74, 6) is -2.94. The molecule has 0 aromatic heterocycles. The molecule has 5 rings (SSSR count). The minimum absolute atomic E-state index is 0.353. The first-order valence-electron chi connectivity index (χ1n) is 9.96. The molecule has 2 heterocycles. The van der Waals surface area contributed by atoms with Crippen molar-refractivity contribution in [2.45, 2.75) is 12.1 Å². The van der Waals surface area contributed by atoms with Gasteiger partial charge in [0.1, 0.15) is 6.04 Å². The molecule has 3 aromatic carbocycles. The number of methoxy groups -OCH3 is 1. The molecule has 31 heavy (non-hydrogen) atoms. The van der Waals surface area contributed by atoms with Crippen LogP contribution in [0.4, 0.5) is 5.69 Å². The lowest BCUT2D eigenvalue weighted by atomic mass is 9.85. The number of carbonyl (C=O) groups excluding carboxylic acids is 3. The van der Waals surface area contributed by atoms with Gasteiger partial charge in [0, 0.05) is 11.1 Å². The van der Waals surface area contributed by atoms with E-state index in [0.717, 1.165) is 21.2 Å². The van der Waals surface area contributed by atoms with Crippen LogP contribution >= 0.6 is 11.6 Å². The normalized spacial score (nSPS) is 25.2. The van der Waals surface area contributed by atoms with E-state index in [1.807, 2.05) is 42.5 Å². The Balaban J connectivity index is 1.64. The van der Waals surface area contributed by atoms with Gasteiger partial charge >= 0.3 is 5.97 Å². The van der Waals surface area contributed by atoms with Crippen molar-refractivity contribution in [2.75, 3.05) is 12.0 Å². The number of rotatable bonds is 3. The molecule has 0 bridgehead atoms. The van der Waals surface area contributed by atoms with Crippen LogP contribution < -0.4 is 10.2 Å². The van der Waals surface area contributed by atoms with Gasteiger partial charge in [-0.3, -0.25) is 19.7 Å². The Morgan fingerprint density at radius 1 is 0.968 bits per heavy atom. The van der Waals surface area contributed by atoms with Crippen molar-refractivity contribution in [1.82, 2.24) is 5.32 Å². The molecule has 4 atom stereocenters. The lowest BCUT2D eigenvalue weighted by molar-refractivity contribution is -0.145. The van der Waals surface area contributed by atoms with E-state index >= 15 is 0 Å². The van der Waals surface area contributed by atoms with E-state index in [0.29, 0.717) is 10.7 Å². The van der Waals surface area contributed by atoms with Crippen LogP contribution in [0.5, 0.6) is 0 Å². The van der Waals surface area contributed by atoms with Gasteiger partial charge in [-0.05, 0) is 34.5 Å². The molecule has 0 saturated carbocycles. The molecule has 156 valence electrons. The van der Waals surface area contributed by atoms with Crippen LogP contribution in [0.2, 0.25) is 5.02 Å². The van der Waals surface area contributed by atoms with Gasteiger partial charge in [0.25, 0.3) is 0 Å². The number of imide groups is 1. The Labute approximate surface area is 183 Å². The number of hydrogen-bond donors (Lipinski definition) is 1. The van der Waals surface area contributed by atoms with Crippen LogP contribution in [0, 0.1) is 11.8 Å². The Hall–Kier alpha value is -3.22. The zero-order chi connectivity index (χ0) is 21.7. The zero-order valence-corrected chi connectivity index (χ0v) is 17.4. The van der Waals surface area contributed by atoms with E-state index < -0.39 is 35.8 Å². The van der Waals surface area contributed by atoms with Crippen molar-refractivity contribution in [3.8, 4) is 0 Å². The molecule has 6 nitrogen and oxygen atoms in total. The highest BCUT2D eigenvalue weighted by Crippen LogP contribution is 2.47. The molecule has 3 aromatic rings. The maximum absolute atomic E-state index is 13.6. The number of halogens is 1. The van der Waals surface area contributed by atoms with Crippen LogP contribution in [0.25, 0.3) is 10.8 Å². The zero-order valence-electron chi connectivity index (χ0n) is 16.6. The largest absolute Gasteiger partial charge is 0.468 e. The summed E-state index contributed by atoms with van der Waals surface area (Å²) in [7, 11) is 1.28. The number of benzene rings is 3. The molecule has 0 spiro atoms. The number of nitrogens with one attached hydrogen (secondary N) is 1. The first-order valence-corrected chi connectivity index (χ1v) is 10.3. The van der Waals surface area contributed by atoms with E-state index in [1.54, 1.807) is 24.3 Å². The summed E-state index contributed by atoms with van der Waals surface area (Å²) in [6.45, 7) is 0. The number of amides is 2. The van der Waals surface area contributed by atoms with Crippen molar-refractivity contribution in [3.63, 3.8) is 0 Å². The highest BCUT2D eigenvalue weighted by Gasteiger charge is 2.61. The summed E-state index contributed by atoms with van der Waals surface area (Å²) >= 11 is 6.10. The molecule has 0 aliphatic carbocycles. The van der Waals surface area contributed by atoms with E-state index in [1.165, 1.54) is 7.11 Å². The molecule has 7 heteroatoms. The fraction of sp³-hybridized carbons (Fsp3) is 0.208. The van der Waals surface area contributed by atoms with Crippen LogP contribution in [-0.4, -0.2) is 30.9 Å². The second-order valence-electron chi connectivity index (χ2n) is 7.76. The van der Waals surface area contributed by atoms with Gasteiger partial charge in [-0.1, -0.05) is 60.1 Å². The van der Waals surface area contributed by atoms with Gasteiger partial charge in [0.2, 0.25) is 11.8 Å². The molecule has 2 aliphatic heterocycles. The molecule has 2 amide bonds. The first-order chi connectivity index (χ1) is 15.0. The minimum Gasteiger partial charge on any atom is -0.468 e. The summed E-state index contributed by atoms with van der Waals surface area (Å²) in [5.41, 5.74) is 1.27. The van der Waals surface area contributed by atoms with Crippen molar-refractivity contribution in [3.05, 3.63) is 77.3 Å². The second-order valence-corrected chi connectivity index (χ2v) is 8.19. The number of esters is 1. The van der Waals surface area contributed by atoms with Crippen molar-refractivity contribution < 1.29 is 19.1 Å². The fourth-order valence-corrected chi connectivity index (χ4v) is 5.02. The van der Waals surface area contributed by atoms with Gasteiger partial charge in [-0.15, -0.1) is 0 Å². The molecule has 2 saturated heterocycles. The molecule has 2 fully saturated rings. The predicted octanol–water partition coefficient (Wildman–Crippen LogP) is 3.48. The number of anilines is 1. The van der Waals surface area contributed by atoms with E-state index in [4.69, 9.17) is 16.3 Å². The van der Waals surface area contributed by atoms with E-state index in [9.17, 15) is 14.4 Å². The minimum atomic E-state index is -0.917. The maximum Gasteiger partial charge on any atom is 0.323 e. The van der Waals surface area contributed by atoms with Crippen LogP contribution in [0.15, 0.2) is 66.7 Å². The summed E-state index contributed by atoms with van der Waals surface area (Å²) < 4.78 is 4.95. The summed E-state index contributed by atoms with van der Waals surface area (Å²) in [6.07, 6.45) is 0. The topological polar surface area (TPSA) is 75.7 Å². The standard InChI is InChI=1S/C24H19ClN2O4/c1-31-24(30)21-19-18(22(28)27(23(19)29)15-9-5-8-14(25)12-15)20(26-21)17-11-4-7-13-6-2-3-10-16(13)17/h2-12,18-21,26H,1H3/t18-,19+,20-,21-/m0/s1. The highest BCUT2D eigenvalue weighted by molar-refractivity contribution is 6.31. The third kappa shape index (κ3) is 3.02. The molecule has 0 radical (unpaired) electrons. The molecule has 2 aliphatic rings. The molecular formula is C24H19ClN2O4. The third-order valence-electron chi connectivity index (χ3n) is 6.16. The van der Waals surface area contributed by atoms with Gasteiger partial charge in [0.15, 0.2) is 0 Å². The summed E-state index contributed by atoms with van der Waals surface area (Å²) in [4.78, 5) is 40.7. The summed E-state index contributed by atoms with van der Waals surface area (Å²) in [6, 6.07) is 18.8. The van der Waals surface area contributed by atoms with Crippen molar-refractivity contribution >= 4 is 45.8 Å². The lowest BCUT2D eigenvalue weighted by Gasteiger charge is -2.23. The highest BCUT2D eigenvalue weighted by atomic mass is 35.5. The molecular weight excluding hydrogens is 416 g/mol. The van der Waals surface area contributed by atoms with Gasteiger partial charge < -0.3 is 4.74 Å². The Morgan fingerprint density at radius 2 is 1.68 bits per heavy atom. The number of carbonyl (C=O) groups is 3. The smallest absolute Gasteiger partial charge is 0.323 e. The number of nitrogens with zero attached hydrogens (tertiary/aromatic N) is 1.